The molecule has 0 bridgehead atoms. The summed E-state index contributed by atoms with van der Waals surface area (Å²) in [6, 6.07) is 6.39. The SMILES string of the molecule is O=C(O)CSc1nc2ccc(F)cc2n1Cc1ccsc1. The molecule has 0 aliphatic carbocycles. The van der Waals surface area contributed by atoms with E-state index in [0.717, 1.165) is 17.3 Å². The number of fused-ring (bicyclic) bond motifs is 1. The Balaban J connectivity index is 2.04. The Hall–Kier alpha value is -1.86. The lowest BCUT2D eigenvalue weighted by Crippen LogP contribution is -2.04. The second-order valence-corrected chi connectivity index (χ2v) is 6.15. The average Bonchev–Trinajstić information content (AvgIpc) is 3.06. The van der Waals surface area contributed by atoms with Crippen LogP contribution in [0.5, 0.6) is 0 Å². The van der Waals surface area contributed by atoms with E-state index in [0.29, 0.717) is 22.7 Å². The van der Waals surface area contributed by atoms with E-state index in [9.17, 15) is 9.18 Å². The molecule has 1 aromatic carbocycles. The molecule has 0 amide bonds. The zero-order valence-electron chi connectivity index (χ0n) is 10.8. The molecule has 0 spiro atoms. The lowest BCUT2D eigenvalue weighted by atomic mass is 10.3. The minimum atomic E-state index is -0.902. The maximum Gasteiger partial charge on any atom is 0.313 e. The standard InChI is InChI=1S/C14H11FN2O2S2/c15-10-1-2-11-12(5-10)17(6-9-3-4-20-7-9)14(16-11)21-8-13(18)19/h1-5,7H,6,8H2,(H,18,19). The van der Waals surface area contributed by atoms with E-state index < -0.39 is 5.97 Å². The van der Waals surface area contributed by atoms with Crippen LogP contribution in [0.4, 0.5) is 4.39 Å². The maximum absolute atomic E-state index is 13.5. The van der Waals surface area contributed by atoms with Crippen molar-refractivity contribution in [1.29, 1.82) is 0 Å². The number of rotatable bonds is 5. The van der Waals surface area contributed by atoms with E-state index >= 15 is 0 Å². The predicted octanol–water partition coefficient (Wildman–Crippen LogP) is 3.46. The van der Waals surface area contributed by atoms with Gasteiger partial charge in [-0.3, -0.25) is 4.79 Å². The van der Waals surface area contributed by atoms with Crippen molar-refractivity contribution in [3.05, 3.63) is 46.4 Å². The number of benzene rings is 1. The molecule has 0 atom stereocenters. The fourth-order valence-electron chi connectivity index (χ4n) is 2.03. The molecule has 2 heterocycles. The molecule has 3 rings (SSSR count). The van der Waals surface area contributed by atoms with Crippen LogP contribution in [0, 0.1) is 5.82 Å². The largest absolute Gasteiger partial charge is 0.481 e. The zero-order chi connectivity index (χ0) is 14.8. The summed E-state index contributed by atoms with van der Waals surface area (Å²) in [6.07, 6.45) is 0. The lowest BCUT2D eigenvalue weighted by Gasteiger charge is -2.07. The zero-order valence-corrected chi connectivity index (χ0v) is 12.5. The molecule has 3 aromatic rings. The van der Waals surface area contributed by atoms with Gasteiger partial charge in [0.15, 0.2) is 5.16 Å². The van der Waals surface area contributed by atoms with E-state index in [1.165, 1.54) is 12.1 Å². The van der Waals surface area contributed by atoms with Crippen molar-refractivity contribution in [2.45, 2.75) is 11.7 Å². The first-order valence-corrected chi connectivity index (χ1v) is 8.08. The van der Waals surface area contributed by atoms with Crippen LogP contribution < -0.4 is 0 Å². The Morgan fingerprint density at radius 2 is 2.29 bits per heavy atom. The number of aromatic nitrogens is 2. The van der Waals surface area contributed by atoms with Crippen LogP contribution >= 0.6 is 23.1 Å². The number of thioether (sulfide) groups is 1. The molecular formula is C14H11FN2O2S2. The summed E-state index contributed by atoms with van der Waals surface area (Å²) in [7, 11) is 0. The van der Waals surface area contributed by atoms with Crippen molar-refractivity contribution < 1.29 is 14.3 Å². The molecule has 0 aliphatic rings. The normalized spacial score (nSPS) is 11.1. The van der Waals surface area contributed by atoms with Crippen LogP contribution in [0.1, 0.15) is 5.56 Å². The number of thiophene rings is 1. The van der Waals surface area contributed by atoms with Crippen molar-refractivity contribution in [1.82, 2.24) is 9.55 Å². The number of halogens is 1. The molecule has 0 unspecified atom stereocenters. The molecule has 0 fully saturated rings. The van der Waals surface area contributed by atoms with Crippen molar-refractivity contribution in [3.8, 4) is 0 Å². The summed E-state index contributed by atoms with van der Waals surface area (Å²) < 4.78 is 15.3. The first-order chi connectivity index (χ1) is 10.1. The Labute approximate surface area is 128 Å². The summed E-state index contributed by atoms with van der Waals surface area (Å²) in [6.45, 7) is 0.547. The molecule has 7 heteroatoms. The number of carboxylic acid groups (broad SMARTS) is 1. The molecular weight excluding hydrogens is 311 g/mol. The van der Waals surface area contributed by atoms with Crippen molar-refractivity contribution in [3.63, 3.8) is 0 Å². The fourth-order valence-corrected chi connectivity index (χ4v) is 3.42. The Morgan fingerprint density at radius 1 is 1.43 bits per heavy atom. The molecule has 0 saturated heterocycles. The number of hydrogen-bond acceptors (Lipinski definition) is 4. The van der Waals surface area contributed by atoms with Gasteiger partial charge in [0.05, 0.1) is 23.3 Å². The van der Waals surface area contributed by atoms with Gasteiger partial charge in [-0.1, -0.05) is 11.8 Å². The number of carboxylic acids is 1. The highest BCUT2D eigenvalue weighted by atomic mass is 32.2. The third-order valence-corrected chi connectivity index (χ3v) is 4.61. The maximum atomic E-state index is 13.5. The minimum absolute atomic E-state index is 0.0740. The van der Waals surface area contributed by atoms with E-state index in [2.05, 4.69) is 4.98 Å². The average molecular weight is 322 g/mol. The summed E-state index contributed by atoms with van der Waals surface area (Å²) >= 11 is 2.73. The molecule has 0 radical (unpaired) electrons. The second-order valence-electron chi connectivity index (χ2n) is 4.43. The summed E-state index contributed by atoms with van der Waals surface area (Å²) in [5.41, 5.74) is 2.43. The predicted molar refractivity (Wildman–Crippen MR) is 81.5 cm³/mol. The van der Waals surface area contributed by atoms with Crippen LogP contribution in [-0.4, -0.2) is 26.4 Å². The highest BCUT2D eigenvalue weighted by molar-refractivity contribution is 7.99. The number of aliphatic carboxylic acids is 1. The van der Waals surface area contributed by atoms with Crippen LogP contribution in [0.25, 0.3) is 11.0 Å². The molecule has 4 nitrogen and oxygen atoms in total. The van der Waals surface area contributed by atoms with Crippen molar-refractivity contribution >= 4 is 40.1 Å². The molecule has 2 aromatic heterocycles. The number of hydrogen-bond donors (Lipinski definition) is 1. The van der Waals surface area contributed by atoms with Crippen LogP contribution in [0.15, 0.2) is 40.2 Å². The van der Waals surface area contributed by atoms with Gasteiger partial charge in [-0.05, 0) is 40.6 Å². The third kappa shape index (κ3) is 3.08. The molecule has 0 aliphatic heterocycles. The number of nitrogens with zero attached hydrogens (tertiary/aromatic N) is 2. The van der Waals surface area contributed by atoms with Gasteiger partial charge < -0.3 is 9.67 Å². The highest BCUT2D eigenvalue weighted by Crippen LogP contribution is 2.26. The van der Waals surface area contributed by atoms with Gasteiger partial charge in [-0.15, -0.1) is 0 Å². The van der Waals surface area contributed by atoms with Gasteiger partial charge in [0.2, 0.25) is 0 Å². The topological polar surface area (TPSA) is 55.1 Å². The van der Waals surface area contributed by atoms with Crippen LogP contribution in [0.3, 0.4) is 0 Å². The number of carbonyl (C=O) groups is 1. The summed E-state index contributed by atoms with van der Waals surface area (Å²) in [5, 5.41) is 13.4. The van der Waals surface area contributed by atoms with Gasteiger partial charge in [0.1, 0.15) is 5.82 Å². The minimum Gasteiger partial charge on any atom is -0.481 e. The van der Waals surface area contributed by atoms with E-state index in [1.807, 2.05) is 21.4 Å². The monoisotopic (exact) mass is 322 g/mol. The Morgan fingerprint density at radius 3 is 3.00 bits per heavy atom. The van der Waals surface area contributed by atoms with Gasteiger partial charge in [0.25, 0.3) is 0 Å². The summed E-state index contributed by atoms with van der Waals surface area (Å²) in [4.78, 5) is 15.2. The fraction of sp³-hybridized carbons (Fsp3) is 0.143. The van der Waals surface area contributed by atoms with E-state index in [4.69, 9.17) is 5.11 Å². The van der Waals surface area contributed by atoms with Gasteiger partial charge in [-0.25, -0.2) is 9.37 Å². The van der Waals surface area contributed by atoms with Gasteiger partial charge in [0, 0.05) is 0 Å². The Kier molecular flexibility index (Phi) is 3.94. The molecule has 0 saturated carbocycles. The Bertz CT molecular complexity index is 784. The molecule has 108 valence electrons. The smallest absolute Gasteiger partial charge is 0.313 e. The van der Waals surface area contributed by atoms with Gasteiger partial charge >= 0.3 is 5.97 Å². The van der Waals surface area contributed by atoms with Crippen molar-refractivity contribution in [2.75, 3.05) is 5.75 Å². The van der Waals surface area contributed by atoms with Crippen LogP contribution in [-0.2, 0) is 11.3 Å². The lowest BCUT2D eigenvalue weighted by molar-refractivity contribution is -0.133. The van der Waals surface area contributed by atoms with Crippen LogP contribution in [0.2, 0.25) is 0 Å². The second kappa shape index (κ2) is 5.87. The van der Waals surface area contributed by atoms with E-state index in [-0.39, 0.29) is 11.6 Å². The quantitative estimate of drug-likeness (QED) is 0.731. The first-order valence-electron chi connectivity index (χ1n) is 6.15. The first kappa shape index (κ1) is 14.1. The highest BCUT2D eigenvalue weighted by Gasteiger charge is 2.14. The van der Waals surface area contributed by atoms with E-state index in [1.54, 1.807) is 17.4 Å². The molecule has 21 heavy (non-hydrogen) atoms. The molecule has 1 N–H and O–H groups in total. The summed E-state index contributed by atoms with van der Waals surface area (Å²) in [5.74, 6) is -1.31. The third-order valence-electron chi connectivity index (χ3n) is 2.92. The van der Waals surface area contributed by atoms with Gasteiger partial charge in [-0.2, -0.15) is 11.3 Å². The number of imidazole rings is 1. The van der Waals surface area contributed by atoms with Crippen molar-refractivity contribution in [2.24, 2.45) is 0 Å².